The number of likely N-dealkylation sites (N-methyl/N-ethyl adjacent to an activating group) is 1. The molecular formula is C16H26ClN3O. The Bertz CT molecular complexity index is 467. The van der Waals surface area contributed by atoms with Gasteiger partial charge in [-0.3, -0.25) is 9.69 Å². The highest BCUT2D eigenvalue weighted by Gasteiger charge is 2.25. The number of nitrogens with one attached hydrogen (secondary N) is 1. The molecule has 0 aliphatic rings. The molecule has 1 rings (SSSR count). The summed E-state index contributed by atoms with van der Waals surface area (Å²) in [5.74, 6) is -0.0532. The first-order valence-electron chi connectivity index (χ1n) is 7.33. The van der Waals surface area contributed by atoms with Crippen molar-refractivity contribution in [3.05, 3.63) is 34.9 Å². The van der Waals surface area contributed by atoms with Crippen molar-refractivity contribution in [2.24, 2.45) is 11.7 Å². The standard InChI is InChI=1S/C16H26ClN3O/c1-5-14(18)15(12-7-6-8-13(17)9-12)20(4)10-11(2)16(21)19-3/h6-9,11,14-15H,5,10,18H2,1-4H3,(H,19,21). The number of rotatable bonds is 7. The smallest absolute Gasteiger partial charge is 0.223 e. The lowest BCUT2D eigenvalue weighted by molar-refractivity contribution is -0.124. The van der Waals surface area contributed by atoms with Gasteiger partial charge in [0.25, 0.3) is 0 Å². The van der Waals surface area contributed by atoms with Crippen LogP contribution in [0.3, 0.4) is 0 Å². The third-order valence-electron chi connectivity index (χ3n) is 3.80. The van der Waals surface area contributed by atoms with Crippen LogP contribution in [0.2, 0.25) is 5.02 Å². The molecule has 3 unspecified atom stereocenters. The zero-order valence-corrected chi connectivity index (χ0v) is 14.0. The second-order valence-electron chi connectivity index (χ2n) is 5.53. The van der Waals surface area contributed by atoms with Crippen LogP contribution >= 0.6 is 11.6 Å². The van der Waals surface area contributed by atoms with Crippen molar-refractivity contribution in [2.75, 3.05) is 20.6 Å². The predicted molar refractivity (Wildman–Crippen MR) is 88.3 cm³/mol. The number of nitrogens with zero attached hydrogens (tertiary/aromatic N) is 1. The maximum absolute atomic E-state index is 11.7. The molecule has 1 amide bonds. The number of amides is 1. The van der Waals surface area contributed by atoms with Gasteiger partial charge in [0.15, 0.2) is 0 Å². The van der Waals surface area contributed by atoms with Crippen LogP contribution in [-0.4, -0.2) is 37.5 Å². The SMILES string of the molecule is CCC(N)C(c1cccc(Cl)c1)N(C)CC(C)C(=O)NC. The molecule has 0 radical (unpaired) electrons. The average molecular weight is 312 g/mol. The van der Waals surface area contributed by atoms with Crippen LogP contribution in [0.15, 0.2) is 24.3 Å². The molecule has 1 aromatic rings. The predicted octanol–water partition coefficient (Wildman–Crippen LogP) is 2.43. The minimum Gasteiger partial charge on any atom is -0.359 e. The molecule has 0 spiro atoms. The summed E-state index contributed by atoms with van der Waals surface area (Å²) >= 11 is 6.10. The van der Waals surface area contributed by atoms with Crippen LogP contribution in [-0.2, 0) is 4.79 Å². The van der Waals surface area contributed by atoms with E-state index in [9.17, 15) is 4.79 Å². The highest BCUT2D eigenvalue weighted by Crippen LogP contribution is 2.26. The van der Waals surface area contributed by atoms with Crippen LogP contribution in [0.25, 0.3) is 0 Å². The summed E-state index contributed by atoms with van der Waals surface area (Å²) in [7, 11) is 3.66. The summed E-state index contributed by atoms with van der Waals surface area (Å²) in [6.07, 6.45) is 0.857. The zero-order valence-electron chi connectivity index (χ0n) is 13.3. The number of hydrogen-bond acceptors (Lipinski definition) is 3. The second-order valence-corrected chi connectivity index (χ2v) is 5.96. The summed E-state index contributed by atoms with van der Waals surface area (Å²) in [6.45, 7) is 4.63. The van der Waals surface area contributed by atoms with Crippen LogP contribution in [0, 0.1) is 5.92 Å². The molecule has 3 atom stereocenters. The van der Waals surface area contributed by atoms with Gasteiger partial charge in [0, 0.05) is 36.6 Å². The Morgan fingerprint density at radius 1 is 1.48 bits per heavy atom. The zero-order chi connectivity index (χ0) is 16.0. The van der Waals surface area contributed by atoms with Crippen LogP contribution < -0.4 is 11.1 Å². The fraction of sp³-hybridized carbons (Fsp3) is 0.562. The quantitative estimate of drug-likeness (QED) is 0.813. The molecule has 4 nitrogen and oxygen atoms in total. The highest BCUT2D eigenvalue weighted by molar-refractivity contribution is 6.30. The van der Waals surface area contributed by atoms with E-state index in [1.807, 2.05) is 38.2 Å². The molecular weight excluding hydrogens is 286 g/mol. The molecule has 0 saturated carbocycles. The molecule has 0 saturated heterocycles. The van der Waals surface area contributed by atoms with Gasteiger partial charge in [-0.1, -0.05) is 37.6 Å². The van der Waals surface area contributed by atoms with E-state index >= 15 is 0 Å². The minimum absolute atomic E-state index is 0.00893. The minimum atomic E-state index is -0.0919. The molecule has 0 bridgehead atoms. The van der Waals surface area contributed by atoms with Crippen molar-refractivity contribution < 1.29 is 4.79 Å². The van der Waals surface area contributed by atoms with E-state index in [4.69, 9.17) is 17.3 Å². The average Bonchev–Trinajstić information content (AvgIpc) is 2.46. The second kappa shape index (κ2) is 8.37. The van der Waals surface area contributed by atoms with E-state index in [1.54, 1.807) is 7.05 Å². The maximum Gasteiger partial charge on any atom is 0.223 e. The first kappa shape index (κ1) is 18.0. The first-order valence-corrected chi connectivity index (χ1v) is 7.71. The number of hydrogen-bond donors (Lipinski definition) is 2. The fourth-order valence-corrected chi connectivity index (χ4v) is 2.82. The number of halogens is 1. The summed E-state index contributed by atoms with van der Waals surface area (Å²) in [6, 6.07) is 7.80. The Balaban J connectivity index is 2.95. The third kappa shape index (κ3) is 4.99. The van der Waals surface area contributed by atoms with Crippen molar-refractivity contribution >= 4 is 17.5 Å². The third-order valence-corrected chi connectivity index (χ3v) is 4.03. The Hall–Kier alpha value is -1.10. The van der Waals surface area contributed by atoms with Gasteiger partial charge in [-0.05, 0) is 31.2 Å². The number of carbonyl (C=O) groups excluding carboxylic acids is 1. The molecule has 0 aliphatic carbocycles. The fourth-order valence-electron chi connectivity index (χ4n) is 2.62. The van der Waals surface area contributed by atoms with Crippen LogP contribution in [0.4, 0.5) is 0 Å². The van der Waals surface area contributed by atoms with E-state index in [1.165, 1.54) is 0 Å². The van der Waals surface area contributed by atoms with Crippen molar-refractivity contribution in [1.29, 1.82) is 0 Å². The lowest BCUT2D eigenvalue weighted by Gasteiger charge is -2.34. The molecule has 0 heterocycles. The van der Waals surface area contributed by atoms with Crippen LogP contribution in [0.5, 0.6) is 0 Å². The lowest BCUT2D eigenvalue weighted by Crippen LogP contribution is -2.42. The van der Waals surface area contributed by atoms with Gasteiger partial charge < -0.3 is 11.1 Å². The summed E-state index contributed by atoms with van der Waals surface area (Å²) in [5, 5.41) is 3.39. The Labute approximate surface area is 132 Å². The summed E-state index contributed by atoms with van der Waals surface area (Å²) in [4.78, 5) is 13.8. The molecule has 21 heavy (non-hydrogen) atoms. The van der Waals surface area contributed by atoms with Crippen molar-refractivity contribution in [3.63, 3.8) is 0 Å². The lowest BCUT2D eigenvalue weighted by atomic mass is 9.95. The summed E-state index contributed by atoms with van der Waals surface area (Å²) < 4.78 is 0. The van der Waals surface area contributed by atoms with Crippen molar-refractivity contribution in [3.8, 4) is 0 Å². The molecule has 118 valence electrons. The molecule has 3 N–H and O–H groups in total. The van der Waals surface area contributed by atoms with E-state index in [2.05, 4.69) is 17.1 Å². The molecule has 0 fully saturated rings. The van der Waals surface area contributed by atoms with Crippen molar-refractivity contribution in [2.45, 2.75) is 32.4 Å². The largest absolute Gasteiger partial charge is 0.359 e. The number of benzene rings is 1. The van der Waals surface area contributed by atoms with Crippen molar-refractivity contribution in [1.82, 2.24) is 10.2 Å². The van der Waals surface area contributed by atoms with E-state index in [0.717, 1.165) is 12.0 Å². The van der Waals surface area contributed by atoms with Gasteiger partial charge in [0.1, 0.15) is 0 Å². The topological polar surface area (TPSA) is 58.4 Å². The molecule has 0 aliphatic heterocycles. The normalized spacial score (nSPS) is 15.6. The first-order chi connectivity index (χ1) is 9.90. The van der Waals surface area contributed by atoms with Gasteiger partial charge in [0.05, 0.1) is 0 Å². The van der Waals surface area contributed by atoms with E-state index in [0.29, 0.717) is 11.6 Å². The molecule has 5 heteroatoms. The maximum atomic E-state index is 11.7. The van der Waals surface area contributed by atoms with E-state index < -0.39 is 0 Å². The number of nitrogens with two attached hydrogens (primary N) is 1. The Kier molecular flexibility index (Phi) is 7.15. The number of carbonyl (C=O) groups is 1. The van der Waals surface area contributed by atoms with Gasteiger partial charge in [-0.15, -0.1) is 0 Å². The van der Waals surface area contributed by atoms with Gasteiger partial charge in [-0.2, -0.15) is 0 Å². The van der Waals surface area contributed by atoms with Gasteiger partial charge in [0.2, 0.25) is 5.91 Å². The molecule has 0 aromatic heterocycles. The van der Waals surface area contributed by atoms with E-state index in [-0.39, 0.29) is 23.9 Å². The Morgan fingerprint density at radius 3 is 2.67 bits per heavy atom. The monoisotopic (exact) mass is 311 g/mol. The highest BCUT2D eigenvalue weighted by atomic mass is 35.5. The molecule has 1 aromatic carbocycles. The Morgan fingerprint density at radius 2 is 2.14 bits per heavy atom. The summed E-state index contributed by atoms with van der Waals surface area (Å²) in [5.41, 5.74) is 7.39. The van der Waals surface area contributed by atoms with Crippen LogP contribution in [0.1, 0.15) is 31.9 Å². The van der Waals surface area contributed by atoms with Gasteiger partial charge in [-0.25, -0.2) is 0 Å². The van der Waals surface area contributed by atoms with Gasteiger partial charge >= 0.3 is 0 Å².